The number of rotatable bonds is 6. The van der Waals surface area contributed by atoms with Crippen molar-refractivity contribution in [2.45, 2.75) is 6.54 Å². The van der Waals surface area contributed by atoms with Gasteiger partial charge in [0, 0.05) is 17.1 Å². The number of carbonyl (C=O) groups excluding carboxylic acids is 2. The lowest BCUT2D eigenvalue weighted by atomic mass is 10.1. The highest BCUT2D eigenvalue weighted by molar-refractivity contribution is 6.09. The summed E-state index contributed by atoms with van der Waals surface area (Å²) < 4.78 is 5.27. The predicted octanol–water partition coefficient (Wildman–Crippen LogP) is 6.68. The number of cyclic esters (lactones) is 1. The van der Waals surface area contributed by atoms with Crippen LogP contribution in [-0.4, -0.2) is 16.9 Å². The van der Waals surface area contributed by atoms with Gasteiger partial charge in [-0.1, -0.05) is 78.9 Å². The van der Waals surface area contributed by atoms with Gasteiger partial charge in [-0.3, -0.25) is 4.79 Å². The van der Waals surface area contributed by atoms with Gasteiger partial charge in [0.05, 0.1) is 6.54 Å². The van der Waals surface area contributed by atoms with E-state index in [2.05, 4.69) is 29.2 Å². The molecule has 0 N–H and O–H groups in total. The molecule has 1 heterocycles. The summed E-state index contributed by atoms with van der Waals surface area (Å²) in [5.41, 5.74) is 4.68. The van der Waals surface area contributed by atoms with E-state index < -0.39 is 12.0 Å². The van der Waals surface area contributed by atoms with E-state index in [0.717, 1.165) is 33.1 Å². The Hall–Kier alpha value is -4.64. The summed E-state index contributed by atoms with van der Waals surface area (Å²) in [4.78, 5) is 28.3. The van der Waals surface area contributed by atoms with Crippen LogP contribution < -0.4 is 4.90 Å². The fraction of sp³-hybridized carbons (Fsp3) is 0.0345. The molecule has 0 unspecified atom stereocenters. The number of carbonyl (C=O) groups is 2. The zero-order valence-corrected chi connectivity index (χ0v) is 18.4. The molecule has 166 valence electrons. The SMILES string of the molecule is O=C1OC(=Cc2ccc(N(c3ccccc3)c3ccccc3)cc2)C(=O)N1Cc1ccccc1. The summed E-state index contributed by atoms with van der Waals surface area (Å²) >= 11 is 0. The minimum atomic E-state index is -0.656. The maximum Gasteiger partial charge on any atom is 0.422 e. The molecule has 1 saturated heterocycles. The molecule has 4 aromatic rings. The zero-order chi connectivity index (χ0) is 23.3. The lowest BCUT2D eigenvalue weighted by Crippen LogP contribution is -2.28. The van der Waals surface area contributed by atoms with Gasteiger partial charge < -0.3 is 9.64 Å². The van der Waals surface area contributed by atoms with E-state index in [1.54, 1.807) is 6.08 Å². The Morgan fingerprint density at radius 2 is 1.15 bits per heavy atom. The van der Waals surface area contributed by atoms with E-state index in [-0.39, 0.29) is 12.3 Å². The third-order valence-electron chi connectivity index (χ3n) is 5.53. The minimum Gasteiger partial charge on any atom is -0.404 e. The fourth-order valence-corrected chi connectivity index (χ4v) is 3.87. The Balaban J connectivity index is 1.39. The molecule has 1 aliphatic heterocycles. The molecule has 0 saturated carbocycles. The summed E-state index contributed by atoms with van der Waals surface area (Å²) in [6.07, 6.45) is 0.945. The molecule has 1 fully saturated rings. The van der Waals surface area contributed by atoms with Gasteiger partial charge in [0.1, 0.15) is 0 Å². The van der Waals surface area contributed by atoms with E-state index in [1.807, 2.05) is 91.0 Å². The first kappa shape index (κ1) is 21.2. The van der Waals surface area contributed by atoms with Crippen LogP contribution in [0.3, 0.4) is 0 Å². The molecule has 2 amide bonds. The zero-order valence-electron chi connectivity index (χ0n) is 18.4. The van der Waals surface area contributed by atoms with Crippen LogP contribution >= 0.6 is 0 Å². The molecule has 5 heteroatoms. The van der Waals surface area contributed by atoms with Gasteiger partial charge >= 0.3 is 6.09 Å². The number of imide groups is 1. The molecule has 1 aliphatic rings. The number of hydrogen-bond acceptors (Lipinski definition) is 4. The molecule has 34 heavy (non-hydrogen) atoms. The Labute approximate surface area is 198 Å². The standard InChI is InChI=1S/C29H22N2O3/c32-28-27(34-29(33)30(28)21-23-10-4-1-5-11-23)20-22-16-18-26(19-17-22)31(24-12-6-2-7-13-24)25-14-8-3-9-15-25/h1-20H,21H2. The maximum absolute atomic E-state index is 12.8. The van der Waals surface area contributed by atoms with E-state index >= 15 is 0 Å². The van der Waals surface area contributed by atoms with Crippen LogP contribution in [0.15, 0.2) is 121 Å². The van der Waals surface area contributed by atoms with E-state index in [1.165, 1.54) is 0 Å². The van der Waals surface area contributed by atoms with Gasteiger partial charge in [-0.15, -0.1) is 0 Å². The largest absolute Gasteiger partial charge is 0.422 e. The fourth-order valence-electron chi connectivity index (χ4n) is 3.87. The number of hydrogen-bond donors (Lipinski definition) is 0. The highest BCUT2D eigenvalue weighted by atomic mass is 16.6. The van der Waals surface area contributed by atoms with Crippen molar-refractivity contribution < 1.29 is 14.3 Å². The monoisotopic (exact) mass is 446 g/mol. The Kier molecular flexibility index (Phi) is 5.91. The van der Waals surface area contributed by atoms with Crippen LogP contribution in [0.1, 0.15) is 11.1 Å². The summed E-state index contributed by atoms with van der Waals surface area (Å²) in [5.74, 6) is -0.412. The smallest absolute Gasteiger partial charge is 0.404 e. The number of benzene rings is 4. The average molecular weight is 447 g/mol. The third-order valence-corrected chi connectivity index (χ3v) is 5.53. The van der Waals surface area contributed by atoms with Crippen molar-refractivity contribution in [1.82, 2.24) is 4.90 Å². The number of para-hydroxylation sites is 2. The van der Waals surface area contributed by atoms with E-state index in [9.17, 15) is 9.59 Å². The van der Waals surface area contributed by atoms with Crippen LogP contribution in [-0.2, 0) is 16.1 Å². The maximum atomic E-state index is 12.8. The van der Waals surface area contributed by atoms with E-state index in [0.29, 0.717) is 0 Å². The Bertz CT molecular complexity index is 1280. The molecule has 0 aromatic heterocycles. The summed E-state index contributed by atoms with van der Waals surface area (Å²) in [6.45, 7) is 0.178. The van der Waals surface area contributed by atoms with Gasteiger partial charge in [0.15, 0.2) is 5.76 Å². The first-order valence-electron chi connectivity index (χ1n) is 11.0. The first-order chi connectivity index (χ1) is 16.7. The third kappa shape index (κ3) is 4.45. The van der Waals surface area contributed by atoms with Crippen LogP contribution in [0, 0.1) is 0 Å². The molecule has 0 aliphatic carbocycles. The quantitative estimate of drug-likeness (QED) is 0.310. The van der Waals surface area contributed by atoms with Crippen molar-refractivity contribution >= 4 is 35.1 Å². The van der Waals surface area contributed by atoms with Crippen LogP contribution in [0.2, 0.25) is 0 Å². The highest BCUT2D eigenvalue weighted by Crippen LogP contribution is 2.34. The second-order valence-electron chi connectivity index (χ2n) is 7.85. The normalized spacial score (nSPS) is 14.4. The highest BCUT2D eigenvalue weighted by Gasteiger charge is 2.36. The topological polar surface area (TPSA) is 49.9 Å². The Morgan fingerprint density at radius 1 is 0.647 bits per heavy atom. The molecular formula is C29H22N2O3. The molecule has 4 aromatic carbocycles. The number of anilines is 3. The predicted molar refractivity (Wildman–Crippen MR) is 133 cm³/mol. The molecule has 5 nitrogen and oxygen atoms in total. The van der Waals surface area contributed by atoms with Crippen molar-refractivity contribution in [3.63, 3.8) is 0 Å². The van der Waals surface area contributed by atoms with Crippen molar-refractivity contribution in [3.8, 4) is 0 Å². The Morgan fingerprint density at radius 3 is 1.71 bits per heavy atom. The van der Waals surface area contributed by atoms with Gasteiger partial charge in [0.25, 0.3) is 5.91 Å². The van der Waals surface area contributed by atoms with Gasteiger partial charge in [-0.25, -0.2) is 9.69 Å². The summed E-state index contributed by atoms with van der Waals surface area (Å²) in [6, 6.07) is 37.4. The van der Waals surface area contributed by atoms with Gasteiger partial charge in [-0.2, -0.15) is 0 Å². The van der Waals surface area contributed by atoms with Crippen molar-refractivity contribution in [2.24, 2.45) is 0 Å². The number of ether oxygens (including phenoxy) is 1. The number of amides is 2. The average Bonchev–Trinajstić information content (AvgIpc) is 3.14. The summed E-state index contributed by atoms with van der Waals surface area (Å²) in [7, 11) is 0. The van der Waals surface area contributed by atoms with Gasteiger partial charge in [0.2, 0.25) is 0 Å². The first-order valence-corrected chi connectivity index (χ1v) is 11.0. The van der Waals surface area contributed by atoms with Crippen molar-refractivity contribution in [2.75, 3.05) is 4.90 Å². The molecular weight excluding hydrogens is 424 g/mol. The van der Waals surface area contributed by atoms with Crippen LogP contribution in [0.25, 0.3) is 6.08 Å². The van der Waals surface area contributed by atoms with Crippen LogP contribution in [0.5, 0.6) is 0 Å². The second kappa shape index (κ2) is 9.46. The summed E-state index contributed by atoms with van der Waals surface area (Å²) in [5, 5.41) is 0. The molecule has 0 spiro atoms. The van der Waals surface area contributed by atoms with Gasteiger partial charge in [-0.05, 0) is 53.6 Å². The molecule has 5 rings (SSSR count). The second-order valence-corrected chi connectivity index (χ2v) is 7.85. The lowest BCUT2D eigenvalue weighted by molar-refractivity contribution is -0.123. The number of nitrogens with zero attached hydrogens (tertiary/aromatic N) is 2. The van der Waals surface area contributed by atoms with Crippen molar-refractivity contribution in [3.05, 3.63) is 132 Å². The molecule has 0 atom stereocenters. The van der Waals surface area contributed by atoms with Crippen LogP contribution in [0.4, 0.5) is 21.9 Å². The molecule has 0 bridgehead atoms. The molecule has 0 radical (unpaired) electrons. The lowest BCUT2D eigenvalue weighted by Gasteiger charge is -2.25. The van der Waals surface area contributed by atoms with Crippen molar-refractivity contribution in [1.29, 1.82) is 0 Å². The minimum absolute atomic E-state index is 0.0247. The van der Waals surface area contributed by atoms with E-state index in [4.69, 9.17) is 4.74 Å².